The zero-order chi connectivity index (χ0) is 15.8. The number of nitrogens with zero attached hydrogens (tertiary/aromatic N) is 3. The predicted molar refractivity (Wildman–Crippen MR) is 88.5 cm³/mol. The number of hydrogen-bond acceptors (Lipinski definition) is 4. The van der Waals surface area contributed by atoms with Crippen molar-refractivity contribution in [2.75, 3.05) is 18.6 Å². The number of ether oxygens (including phenoxy) is 1. The van der Waals surface area contributed by atoms with Crippen LogP contribution in [-0.2, 0) is 0 Å². The van der Waals surface area contributed by atoms with Gasteiger partial charge in [-0.1, -0.05) is 12.1 Å². The van der Waals surface area contributed by atoms with Gasteiger partial charge in [0.2, 0.25) is 0 Å². The Hall–Kier alpha value is -2.79. The fourth-order valence-corrected chi connectivity index (χ4v) is 3.21. The summed E-state index contributed by atoms with van der Waals surface area (Å²) in [6.07, 6.45) is 3.77. The number of benzene rings is 1. The van der Waals surface area contributed by atoms with Crippen molar-refractivity contribution in [3.8, 4) is 11.4 Å². The molecule has 3 aromatic rings. The van der Waals surface area contributed by atoms with Gasteiger partial charge in [0.25, 0.3) is 0 Å². The summed E-state index contributed by atoms with van der Waals surface area (Å²) in [6.45, 7) is -0.0158. The molecule has 1 aromatic carbocycles. The van der Waals surface area contributed by atoms with Crippen molar-refractivity contribution in [3.63, 3.8) is 0 Å². The third kappa shape index (κ3) is 2.01. The molecule has 0 spiro atoms. The first-order valence-electron chi connectivity index (χ1n) is 7.51. The van der Waals surface area contributed by atoms with E-state index >= 15 is 0 Å². The summed E-state index contributed by atoms with van der Waals surface area (Å²) in [4.78, 5) is 6.61. The van der Waals surface area contributed by atoms with Crippen LogP contribution in [0.4, 0.5) is 11.5 Å². The third-order valence-corrected chi connectivity index (χ3v) is 4.20. The minimum Gasteiger partial charge on any atom is -0.495 e. The predicted octanol–water partition coefficient (Wildman–Crippen LogP) is 3.07. The Morgan fingerprint density at radius 2 is 1.91 bits per heavy atom. The van der Waals surface area contributed by atoms with Crippen molar-refractivity contribution in [2.45, 2.75) is 6.04 Å². The molecule has 5 nitrogen and oxygen atoms in total. The lowest BCUT2D eigenvalue weighted by Gasteiger charge is -2.38. The highest BCUT2D eigenvalue weighted by molar-refractivity contribution is 5.75. The van der Waals surface area contributed by atoms with Crippen LogP contribution in [0.3, 0.4) is 0 Å². The topological polar surface area (TPSA) is 50.5 Å². The first kappa shape index (κ1) is 13.8. The molecular formula is C18H17N3O2. The molecule has 23 heavy (non-hydrogen) atoms. The van der Waals surface area contributed by atoms with Gasteiger partial charge in [0.15, 0.2) is 5.82 Å². The van der Waals surface area contributed by atoms with Gasteiger partial charge in [0.05, 0.1) is 31.1 Å². The van der Waals surface area contributed by atoms with E-state index in [0.717, 1.165) is 28.6 Å². The van der Waals surface area contributed by atoms with Crippen LogP contribution in [0.25, 0.3) is 5.69 Å². The summed E-state index contributed by atoms with van der Waals surface area (Å²) < 4.78 is 7.60. The van der Waals surface area contributed by atoms with Crippen LogP contribution in [0.5, 0.6) is 5.75 Å². The van der Waals surface area contributed by atoms with Gasteiger partial charge in [-0.3, -0.25) is 0 Å². The largest absolute Gasteiger partial charge is 0.495 e. The van der Waals surface area contributed by atoms with Crippen molar-refractivity contribution in [1.29, 1.82) is 0 Å². The fraction of sp³-hybridized carbons (Fsp3) is 0.167. The lowest BCUT2D eigenvalue weighted by molar-refractivity contribution is 0.261. The Balaban J connectivity index is 1.99. The third-order valence-electron chi connectivity index (χ3n) is 4.20. The smallest absolute Gasteiger partial charge is 0.158 e. The summed E-state index contributed by atoms with van der Waals surface area (Å²) in [5.74, 6) is 1.56. The molecule has 1 aliphatic heterocycles. The van der Waals surface area contributed by atoms with E-state index in [4.69, 9.17) is 4.74 Å². The Morgan fingerprint density at radius 1 is 1.09 bits per heavy atom. The average molecular weight is 307 g/mol. The molecule has 1 N–H and O–H groups in total. The number of methoxy groups -OCH3 is 1. The van der Waals surface area contributed by atoms with Gasteiger partial charge in [-0.2, -0.15) is 0 Å². The van der Waals surface area contributed by atoms with Crippen molar-refractivity contribution in [3.05, 3.63) is 66.6 Å². The lowest BCUT2D eigenvalue weighted by Crippen LogP contribution is -2.33. The van der Waals surface area contributed by atoms with Gasteiger partial charge in [0.1, 0.15) is 5.75 Å². The van der Waals surface area contributed by atoms with Crippen LogP contribution in [0.1, 0.15) is 11.7 Å². The summed E-state index contributed by atoms with van der Waals surface area (Å²) in [7, 11) is 1.65. The maximum atomic E-state index is 10.1. The summed E-state index contributed by atoms with van der Waals surface area (Å²) in [5, 5.41) is 10.1. The molecule has 0 amide bonds. The molecule has 1 aliphatic rings. The molecule has 0 aliphatic carbocycles. The van der Waals surface area contributed by atoms with Gasteiger partial charge >= 0.3 is 0 Å². The number of rotatable bonds is 3. The van der Waals surface area contributed by atoms with E-state index in [-0.39, 0.29) is 12.6 Å². The quantitative estimate of drug-likeness (QED) is 0.808. The van der Waals surface area contributed by atoms with Gasteiger partial charge in [-0.15, -0.1) is 0 Å². The molecule has 1 unspecified atom stereocenters. The Morgan fingerprint density at radius 3 is 2.74 bits per heavy atom. The minimum atomic E-state index is -0.219. The number of pyridine rings is 1. The molecule has 0 radical (unpaired) electrons. The number of para-hydroxylation sites is 2. The van der Waals surface area contributed by atoms with E-state index in [1.54, 1.807) is 13.3 Å². The molecule has 0 saturated heterocycles. The molecule has 5 heteroatoms. The minimum absolute atomic E-state index is 0.0158. The van der Waals surface area contributed by atoms with Crippen molar-refractivity contribution < 1.29 is 9.84 Å². The SMILES string of the molecule is COc1ccccc1N1c2ncccc2-n2cccc2C1CO. The van der Waals surface area contributed by atoms with E-state index in [0.29, 0.717) is 0 Å². The number of fused-ring (bicyclic) bond motifs is 3. The van der Waals surface area contributed by atoms with Crippen LogP contribution in [0, 0.1) is 0 Å². The van der Waals surface area contributed by atoms with Crippen molar-refractivity contribution in [1.82, 2.24) is 9.55 Å². The highest BCUT2D eigenvalue weighted by atomic mass is 16.5. The van der Waals surface area contributed by atoms with E-state index in [9.17, 15) is 5.11 Å². The Kier molecular flexibility index (Phi) is 3.28. The van der Waals surface area contributed by atoms with Crippen molar-refractivity contribution in [2.24, 2.45) is 0 Å². The first-order valence-corrected chi connectivity index (χ1v) is 7.51. The van der Waals surface area contributed by atoms with Gasteiger partial charge < -0.3 is 19.3 Å². The van der Waals surface area contributed by atoms with Crippen LogP contribution in [0.15, 0.2) is 60.9 Å². The number of anilines is 2. The molecular weight excluding hydrogens is 290 g/mol. The van der Waals surface area contributed by atoms with Crippen LogP contribution < -0.4 is 9.64 Å². The van der Waals surface area contributed by atoms with Gasteiger partial charge in [0, 0.05) is 18.1 Å². The fourth-order valence-electron chi connectivity index (χ4n) is 3.21. The maximum absolute atomic E-state index is 10.1. The van der Waals surface area contributed by atoms with Gasteiger partial charge in [-0.25, -0.2) is 4.98 Å². The average Bonchev–Trinajstić information content (AvgIpc) is 3.10. The Labute approximate surface area is 134 Å². The normalized spacial score (nSPS) is 15.9. The summed E-state index contributed by atoms with van der Waals surface area (Å²) >= 11 is 0. The molecule has 0 saturated carbocycles. The molecule has 4 rings (SSSR count). The summed E-state index contributed by atoms with van der Waals surface area (Å²) in [6, 6.07) is 15.5. The zero-order valence-electron chi connectivity index (χ0n) is 12.8. The first-order chi connectivity index (χ1) is 11.3. The molecule has 2 aromatic heterocycles. The molecule has 3 heterocycles. The number of aliphatic hydroxyl groups is 1. The zero-order valence-corrected chi connectivity index (χ0v) is 12.8. The number of hydrogen-bond donors (Lipinski definition) is 1. The van der Waals surface area contributed by atoms with Crippen LogP contribution >= 0.6 is 0 Å². The monoisotopic (exact) mass is 307 g/mol. The summed E-state index contributed by atoms with van der Waals surface area (Å²) in [5.41, 5.74) is 2.91. The standard InChI is InChI=1S/C18H17N3O2/c1-23-17-9-3-2-6-14(17)21-16(12-22)13-8-5-11-20(13)15-7-4-10-19-18(15)21/h2-11,16,22H,12H2,1H3. The Bertz CT molecular complexity index is 844. The molecule has 0 fully saturated rings. The van der Waals surface area contributed by atoms with E-state index < -0.39 is 0 Å². The van der Waals surface area contributed by atoms with Gasteiger partial charge in [-0.05, 0) is 36.4 Å². The second kappa shape index (κ2) is 5.44. The second-order valence-corrected chi connectivity index (χ2v) is 5.39. The molecule has 1 atom stereocenters. The second-order valence-electron chi connectivity index (χ2n) is 5.39. The number of aliphatic hydroxyl groups excluding tert-OH is 1. The van der Waals surface area contributed by atoms with Crippen LogP contribution in [0.2, 0.25) is 0 Å². The molecule has 0 bridgehead atoms. The lowest BCUT2D eigenvalue weighted by atomic mass is 10.1. The van der Waals surface area contributed by atoms with E-state index in [2.05, 4.69) is 9.55 Å². The highest BCUT2D eigenvalue weighted by Gasteiger charge is 2.33. The number of aromatic nitrogens is 2. The van der Waals surface area contributed by atoms with E-state index in [1.165, 1.54) is 0 Å². The maximum Gasteiger partial charge on any atom is 0.158 e. The highest BCUT2D eigenvalue weighted by Crippen LogP contribution is 2.45. The molecule has 116 valence electrons. The van der Waals surface area contributed by atoms with E-state index in [1.807, 2.05) is 59.6 Å². The van der Waals surface area contributed by atoms with Crippen molar-refractivity contribution >= 4 is 11.5 Å². The van der Waals surface area contributed by atoms with Crippen LogP contribution in [-0.4, -0.2) is 28.4 Å².